The van der Waals surface area contributed by atoms with Gasteiger partial charge in [-0.25, -0.2) is 9.48 Å². The summed E-state index contributed by atoms with van der Waals surface area (Å²) in [5.74, 6) is 1.11. The standard InChI is InChI=1S/C20H23N2OS/c1-15-4-8-17(9-5-15)20(23)14-21(18-10-6-16(2)7-11-18)19-22(20)12-3-13-24-19/h4-11,23H,3,12-14H2,1-2H3/q+1. The Hall–Kier alpha value is -1.78. The zero-order chi connectivity index (χ0) is 16.7. The van der Waals surface area contributed by atoms with Crippen molar-refractivity contribution in [2.75, 3.05) is 23.7 Å². The lowest BCUT2D eigenvalue weighted by atomic mass is 10.0. The van der Waals surface area contributed by atoms with Crippen LogP contribution in [0.15, 0.2) is 48.5 Å². The van der Waals surface area contributed by atoms with Gasteiger partial charge in [0.05, 0.1) is 6.54 Å². The maximum Gasteiger partial charge on any atom is 0.316 e. The molecule has 4 heteroatoms. The van der Waals surface area contributed by atoms with Crippen molar-refractivity contribution in [3.63, 3.8) is 0 Å². The molecule has 24 heavy (non-hydrogen) atoms. The molecule has 0 amide bonds. The molecule has 0 saturated heterocycles. The highest BCUT2D eigenvalue weighted by Gasteiger charge is 2.53. The topological polar surface area (TPSA) is 26.5 Å². The minimum Gasteiger partial charge on any atom is -0.346 e. The van der Waals surface area contributed by atoms with E-state index in [0.717, 1.165) is 30.0 Å². The monoisotopic (exact) mass is 339 g/mol. The number of benzene rings is 2. The molecule has 2 aromatic carbocycles. The van der Waals surface area contributed by atoms with Crippen molar-refractivity contribution in [1.82, 2.24) is 0 Å². The molecule has 0 spiro atoms. The number of aliphatic hydroxyl groups is 1. The minimum atomic E-state index is -0.957. The predicted molar refractivity (Wildman–Crippen MR) is 101 cm³/mol. The molecule has 2 aliphatic heterocycles. The highest BCUT2D eigenvalue weighted by molar-refractivity contribution is 8.13. The third-order valence-corrected chi connectivity index (χ3v) is 6.10. The van der Waals surface area contributed by atoms with Gasteiger partial charge in [0.1, 0.15) is 5.69 Å². The second-order valence-electron chi connectivity index (χ2n) is 6.74. The van der Waals surface area contributed by atoms with Crippen molar-refractivity contribution < 1.29 is 9.68 Å². The molecule has 4 rings (SSSR count). The Morgan fingerprint density at radius 2 is 1.62 bits per heavy atom. The van der Waals surface area contributed by atoms with Crippen LogP contribution in [0.1, 0.15) is 23.1 Å². The van der Waals surface area contributed by atoms with Gasteiger partial charge >= 0.3 is 5.17 Å². The molecular formula is C20H23N2OS+. The van der Waals surface area contributed by atoms with Gasteiger partial charge in [0.2, 0.25) is 0 Å². The molecule has 124 valence electrons. The first-order valence-corrected chi connectivity index (χ1v) is 9.48. The van der Waals surface area contributed by atoms with E-state index >= 15 is 0 Å². The normalized spacial score (nSPS) is 23.5. The van der Waals surface area contributed by atoms with Gasteiger partial charge in [-0.1, -0.05) is 47.5 Å². The van der Waals surface area contributed by atoms with E-state index in [1.165, 1.54) is 16.3 Å². The Kier molecular flexibility index (Phi) is 3.89. The van der Waals surface area contributed by atoms with Gasteiger partial charge in [0.25, 0.3) is 5.72 Å². The smallest absolute Gasteiger partial charge is 0.316 e. The molecule has 0 fully saturated rings. The van der Waals surface area contributed by atoms with E-state index in [2.05, 4.69) is 71.9 Å². The molecule has 1 atom stereocenters. The van der Waals surface area contributed by atoms with E-state index in [1.807, 2.05) is 11.8 Å². The Labute approximate surface area is 147 Å². The number of hydrogen-bond acceptors (Lipinski definition) is 3. The van der Waals surface area contributed by atoms with E-state index < -0.39 is 5.72 Å². The fourth-order valence-electron chi connectivity index (χ4n) is 3.49. The molecule has 2 aliphatic rings. The van der Waals surface area contributed by atoms with Gasteiger partial charge < -0.3 is 5.11 Å². The van der Waals surface area contributed by atoms with Crippen LogP contribution in [0.25, 0.3) is 0 Å². The van der Waals surface area contributed by atoms with Crippen molar-refractivity contribution >= 4 is 22.6 Å². The summed E-state index contributed by atoms with van der Waals surface area (Å²) < 4.78 is 2.19. The third-order valence-electron chi connectivity index (χ3n) is 4.90. The van der Waals surface area contributed by atoms with Crippen LogP contribution in [0, 0.1) is 13.8 Å². The van der Waals surface area contributed by atoms with Crippen LogP contribution in [0.3, 0.4) is 0 Å². The average molecular weight is 339 g/mol. The van der Waals surface area contributed by atoms with Gasteiger partial charge in [-0.3, -0.25) is 0 Å². The average Bonchev–Trinajstić information content (AvgIpc) is 2.91. The molecular weight excluding hydrogens is 316 g/mol. The predicted octanol–water partition coefficient (Wildman–Crippen LogP) is 3.47. The summed E-state index contributed by atoms with van der Waals surface area (Å²) in [6.07, 6.45) is 1.10. The lowest BCUT2D eigenvalue weighted by Gasteiger charge is -2.24. The lowest BCUT2D eigenvalue weighted by Crippen LogP contribution is -2.41. The molecule has 0 aromatic heterocycles. The highest BCUT2D eigenvalue weighted by Crippen LogP contribution is 2.37. The Morgan fingerprint density at radius 3 is 2.29 bits per heavy atom. The number of β-amino-alcohol motifs (C(OH)–C–C–N with tert-alkyl or cyclic N) is 1. The number of amidine groups is 1. The summed E-state index contributed by atoms with van der Waals surface area (Å²) >= 11 is 1.85. The largest absolute Gasteiger partial charge is 0.346 e. The first kappa shape index (κ1) is 15.7. The van der Waals surface area contributed by atoms with Crippen molar-refractivity contribution in [3.8, 4) is 0 Å². The zero-order valence-corrected chi connectivity index (χ0v) is 15.0. The first-order chi connectivity index (χ1) is 11.6. The second kappa shape index (κ2) is 5.94. The van der Waals surface area contributed by atoms with Gasteiger partial charge in [-0.05, 0) is 44.2 Å². The number of thioether (sulfide) groups is 1. The summed E-state index contributed by atoms with van der Waals surface area (Å²) in [6, 6.07) is 16.9. The van der Waals surface area contributed by atoms with Crippen LogP contribution in [-0.2, 0) is 5.72 Å². The number of aryl methyl sites for hydroxylation is 2. The van der Waals surface area contributed by atoms with Crippen LogP contribution < -0.4 is 4.90 Å². The van der Waals surface area contributed by atoms with Crippen LogP contribution in [0.5, 0.6) is 0 Å². The summed E-state index contributed by atoms with van der Waals surface area (Å²) in [5.41, 5.74) is 3.64. The number of anilines is 1. The molecule has 0 radical (unpaired) electrons. The number of nitrogens with zero attached hydrogens (tertiary/aromatic N) is 2. The fraction of sp³-hybridized carbons (Fsp3) is 0.350. The summed E-state index contributed by atoms with van der Waals surface area (Å²) in [4.78, 5) is 2.27. The van der Waals surface area contributed by atoms with E-state index in [4.69, 9.17) is 0 Å². The van der Waals surface area contributed by atoms with Crippen LogP contribution in [0.2, 0.25) is 0 Å². The van der Waals surface area contributed by atoms with Crippen LogP contribution in [-0.4, -0.2) is 33.7 Å². The van der Waals surface area contributed by atoms with E-state index in [1.54, 1.807) is 0 Å². The third kappa shape index (κ3) is 2.54. The van der Waals surface area contributed by atoms with Crippen molar-refractivity contribution in [3.05, 3.63) is 65.2 Å². The Morgan fingerprint density at radius 1 is 1.00 bits per heavy atom. The first-order valence-electron chi connectivity index (χ1n) is 8.49. The fourth-order valence-corrected chi connectivity index (χ4v) is 4.67. The molecule has 0 aliphatic carbocycles. The maximum absolute atomic E-state index is 11.6. The Balaban J connectivity index is 1.78. The highest BCUT2D eigenvalue weighted by atomic mass is 32.2. The van der Waals surface area contributed by atoms with E-state index in [9.17, 15) is 5.11 Å². The summed E-state index contributed by atoms with van der Waals surface area (Å²) in [7, 11) is 0. The van der Waals surface area contributed by atoms with Gasteiger partial charge in [-0.15, -0.1) is 0 Å². The summed E-state index contributed by atoms with van der Waals surface area (Å²) in [5, 5.41) is 12.8. The quantitative estimate of drug-likeness (QED) is 0.849. The van der Waals surface area contributed by atoms with Crippen molar-refractivity contribution in [1.29, 1.82) is 0 Å². The van der Waals surface area contributed by atoms with Crippen LogP contribution in [0.4, 0.5) is 5.69 Å². The molecule has 1 unspecified atom stereocenters. The van der Waals surface area contributed by atoms with Gasteiger partial charge in [0, 0.05) is 11.3 Å². The SMILES string of the molecule is Cc1ccc(N2CC(O)(c3ccc(C)cc3)[N+]3=C2SCCC3)cc1. The minimum absolute atomic E-state index is 0.571. The molecule has 3 nitrogen and oxygen atoms in total. The molecule has 1 N–H and O–H groups in total. The maximum atomic E-state index is 11.6. The van der Waals surface area contributed by atoms with Crippen molar-refractivity contribution in [2.24, 2.45) is 0 Å². The van der Waals surface area contributed by atoms with Crippen LogP contribution >= 0.6 is 11.8 Å². The van der Waals surface area contributed by atoms with Gasteiger partial charge in [0.15, 0.2) is 6.54 Å². The van der Waals surface area contributed by atoms with E-state index in [0.29, 0.717) is 6.54 Å². The summed E-state index contributed by atoms with van der Waals surface area (Å²) in [6.45, 7) is 5.65. The lowest BCUT2D eigenvalue weighted by molar-refractivity contribution is -0.656. The van der Waals surface area contributed by atoms with Gasteiger partial charge in [-0.2, -0.15) is 0 Å². The molecule has 2 aromatic rings. The Bertz CT molecular complexity index is 782. The molecule has 2 heterocycles. The zero-order valence-electron chi connectivity index (χ0n) is 14.2. The second-order valence-corrected chi connectivity index (χ2v) is 7.80. The molecule has 0 saturated carbocycles. The molecule has 0 bridgehead atoms. The number of hydrogen-bond donors (Lipinski definition) is 1. The number of rotatable bonds is 2. The van der Waals surface area contributed by atoms with E-state index in [-0.39, 0.29) is 0 Å². The van der Waals surface area contributed by atoms with Crippen molar-refractivity contribution in [2.45, 2.75) is 26.0 Å².